The Morgan fingerprint density at radius 2 is 1.77 bits per heavy atom. The molecule has 0 aliphatic carbocycles. The van der Waals surface area contributed by atoms with E-state index in [4.69, 9.17) is 16.3 Å². The van der Waals surface area contributed by atoms with Crippen molar-refractivity contribution >= 4 is 29.2 Å². The van der Waals surface area contributed by atoms with Crippen LogP contribution >= 0.6 is 11.6 Å². The number of hydrazine groups is 1. The van der Waals surface area contributed by atoms with Crippen molar-refractivity contribution in [2.45, 2.75) is 26.4 Å². The van der Waals surface area contributed by atoms with Crippen molar-refractivity contribution < 1.29 is 19.1 Å². The molecule has 2 aromatic rings. The van der Waals surface area contributed by atoms with E-state index < -0.39 is 12.0 Å². The van der Waals surface area contributed by atoms with Gasteiger partial charge in [-0.2, -0.15) is 0 Å². The summed E-state index contributed by atoms with van der Waals surface area (Å²) in [6, 6.07) is 13.4. The van der Waals surface area contributed by atoms with Crippen LogP contribution in [-0.4, -0.2) is 23.7 Å². The smallest absolute Gasteiger partial charge is 0.279 e. The molecule has 0 heterocycles. The average molecular weight is 375 g/mol. The van der Waals surface area contributed by atoms with Crippen molar-refractivity contribution in [1.29, 1.82) is 0 Å². The highest BCUT2D eigenvalue weighted by atomic mass is 35.5. The fourth-order valence-electron chi connectivity index (χ4n) is 2.11. The normalized spacial score (nSPS) is 11.3. The number of carbonyl (C=O) groups is 3. The molecule has 6 nitrogen and oxygen atoms in total. The summed E-state index contributed by atoms with van der Waals surface area (Å²) in [7, 11) is 0. The van der Waals surface area contributed by atoms with Crippen LogP contribution in [0.2, 0.25) is 5.02 Å². The molecular formula is C19H19ClN2O4. The molecule has 2 aromatic carbocycles. The molecule has 1 atom stereocenters. The molecule has 2 N–H and O–H groups in total. The van der Waals surface area contributed by atoms with Gasteiger partial charge in [0.25, 0.3) is 5.91 Å². The zero-order valence-electron chi connectivity index (χ0n) is 14.4. The number of hydrogen-bond donors (Lipinski definition) is 2. The van der Waals surface area contributed by atoms with Gasteiger partial charge in [-0.05, 0) is 43.7 Å². The highest BCUT2D eigenvalue weighted by molar-refractivity contribution is 6.30. The molecular weight excluding hydrogens is 356 g/mol. The predicted octanol–water partition coefficient (Wildman–Crippen LogP) is 2.70. The second kappa shape index (κ2) is 9.01. The molecule has 136 valence electrons. The summed E-state index contributed by atoms with van der Waals surface area (Å²) in [6.07, 6.45) is -0.749. The molecule has 0 saturated carbocycles. The van der Waals surface area contributed by atoms with Gasteiger partial charge in [-0.1, -0.05) is 35.9 Å². The first-order chi connectivity index (χ1) is 12.3. The topological polar surface area (TPSA) is 84.5 Å². The number of nitrogens with one attached hydrogen (secondary N) is 2. The summed E-state index contributed by atoms with van der Waals surface area (Å²) < 4.78 is 5.50. The maximum atomic E-state index is 12.0. The van der Waals surface area contributed by atoms with Crippen LogP contribution in [0.1, 0.15) is 29.8 Å². The third kappa shape index (κ3) is 5.89. The fourth-order valence-corrected chi connectivity index (χ4v) is 2.24. The van der Waals surface area contributed by atoms with Gasteiger partial charge in [0.2, 0.25) is 5.91 Å². The molecule has 0 spiro atoms. The molecule has 7 heteroatoms. The van der Waals surface area contributed by atoms with Crippen molar-refractivity contribution in [2.24, 2.45) is 0 Å². The number of ketones is 1. The Morgan fingerprint density at radius 1 is 1.08 bits per heavy atom. The molecule has 0 aliphatic rings. The lowest BCUT2D eigenvalue weighted by atomic mass is 10.1. The third-order valence-corrected chi connectivity index (χ3v) is 3.78. The zero-order chi connectivity index (χ0) is 19.1. The van der Waals surface area contributed by atoms with Crippen LogP contribution < -0.4 is 15.6 Å². The van der Waals surface area contributed by atoms with Gasteiger partial charge >= 0.3 is 0 Å². The molecule has 0 fully saturated rings. The fraction of sp³-hybridized carbons (Fsp3) is 0.211. The van der Waals surface area contributed by atoms with Crippen molar-refractivity contribution in [3.05, 3.63) is 64.7 Å². The number of carbonyl (C=O) groups excluding carboxylic acids is 3. The van der Waals surface area contributed by atoms with Crippen LogP contribution in [0.4, 0.5) is 0 Å². The van der Waals surface area contributed by atoms with Gasteiger partial charge in [0.1, 0.15) is 5.75 Å². The standard InChI is InChI=1S/C19H19ClN2O4/c1-12(23)15-4-3-5-17(11-15)26-13(2)19(25)22-21-18(24)10-14-6-8-16(20)9-7-14/h3-9,11,13H,10H2,1-2H3,(H,21,24)(H,22,25). The summed E-state index contributed by atoms with van der Waals surface area (Å²) in [6.45, 7) is 2.99. The molecule has 0 bridgehead atoms. The molecule has 26 heavy (non-hydrogen) atoms. The van der Waals surface area contributed by atoms with Crippen molar-refractivity contribution in [1.82, 2.24) is 10.9 Å². The first-order valence-corrected chi connectivity index (χ1v) is 8.34. The van der Waals surface area contributed by atoms with E-state index in [2.05, 4.69) is 10.9 Å². The van der Waals surface area contributed by atoms with Crippen molar-refractivity contribution in [3.8, 4) is 5.75 Å². The van der Waals surface area contributed by atoms with Crippen LogP contribution in [0.15, 0.2) is 48.5 Å². The number of Topliss-reactive ketones (excluding diaryl/α,β-unsaturated/α-hetero) is 1. The quantitative estimate of drug-likeness (QED) is 0.601. The Hall–Kier alpha value is -2.86. The summed E-state index contributed by atoms with van der Waals surface area (Å²) in [4.78, 5) is 35.3. The van der Waals surface area contributed by atoms with Gasteiger partial charge in [-0.3, -0.25) is 25.2 Å². The number of halogens is 1. The lowest BCUT2D eigenvalue weighted by molar-refractivity contribution is -0.132. The number of rotatable bonds is 6. The lowest BCUT2D eigenvalue weighted by Gasteiger charge is -2.15. The number of amides is 2. The molecule has 0 aliphatic heterocycles. The Morgan fingerprint density at radius 3 is 2.42 bits per heavy atom. The van der Waals surface area contributed by atoms with Crippen LogP contribution in [0.25, 0.3) is 0 Å². The maximum Gasteiger partial charge on any atom is 0.279 e. The van der Waals surface area contributed by atoms with E-state index in [0.717, 1.165) is 5.56 Å². The van der Waals surface area contributed by atoms with Crippen molar-refractivity contribution in [2.75, 3.05) is 0 Å². The molecule has 2 rings (SSSR count). The molecule has 2 amide bonds. The highest BCUT2D eigenvalue weighted by Crippen LogP contribution is 2.15. The minimum absolute atomic E-state index is 0.0954. The van der Waals surface area contributed by atoms with E-state index in [1.165, 1.54) is 6.92 Å². The van der Waals surface area contributed by atoms with Gasteiger partial charge in [0.15, 0.2) is 11.9 Å². The van der Waals surface area contributed by atoms with E-state index in [0.29, 0.717) is 16.3 Å². The number of benzene rings is 2. The van der Waals surface area contributed by atoms with Crippen LogP contribution in [-0.2, 0) is 16.0 Å². The first kappa shape index (κ1) is 19.5. The summed E-state index contributed by atoms with van der Waals surface area (Å²) in [5, 5.41) is 0.585. The van der Waals surface area contributed by atoms with E-state index in [1.807, 2.05) is 0 Å². The highest BCUT2D eigenvalue weighted by Gasteiger charge is 2.16. The van der Waals surface area contributed by atoms with Crippen LogP contribution in [0.3, 0.4) is 0 Å². The maximum absolute atomic E-state index is 12.0. The van der Waals surface area contributed by atoms with Crippen LogP contribution in [0, 0.1) is 0 Å². The van der Waals surface area contributed by atoms with Gasteiger partial charge in [-0.15, -0.1) is 0 Å². The minimum atomic E-state index is -0.854. The van der Waals surface area contributed by atoms with E-state index in [9.17, 15) is 14.4 Å². The third-order valence-electron chi connectivity index (χ3n) is 3.53. The average Bonchev–Trinajstić information content (AvgIpc) is 2.61. The van der Waals surface area contributed by atoms with Crippen molar-refractivity contribution in [3.63, 3.8) is 0 Å². The Bertz CT molecular complexity index is 805. The minimum Gasteiger partial charge on any atom is -0.481 e. The lowest BCUT2D eigenvalue weighted by Crippen LogP contribution is -2.47. The summed E-state index contributed by atoms with van der Waals surface area (Å²) >= 11 is 5.79. The predicted molar refractivity (Wildman–Crippen MR) is 98.0 cm³/mol. The number of hydrogen-bond acceptors (Lipinski definition) is 4. The van der Waals surface area contributed by atoms with Gasteiger partial charge < -0.3 is 4.74 Å². The Balaban J connectivity index is 1.83. The Labute approximate surface area is 156 Å². The van der Waals surface area contributed by atoms with Crippen LogP contribution in [0.5, 0.6) is 5.75 Å². The summed E-state index contributed by atoms with van der Waals surface area (Å²) in [5.74, 6) is -0.580. The molecule has 1 unspecified atom stereocenters. The zero-order valence-corrected chi connectivity index (χ0v) is 15.2. The molecule has 0 saturated heterocycles. The SMILES string of the molecule is CC(=O)c1cccc(OC(C)C(=O)NNC(=O)Cc2ccc(Cl)cc2)c1. The monoisotopic (exact) mass is 374 g/mol. The Kier molecular flexibility index (Phi) is 6.74. The second-order valence-electron chi connectivity index (χ2n) is 5.68. The molecule has 0 aromatic heterocycles. The largest absolute Gasteiger partial charge is 0.481 e. The second-order valence-corrected chi connectivity index (χ2v) is 6.12. The van der Waals surface area contributed by atoms with E-state index in [1.54, 1.807) is 55.5 Å². The first-order valence-electron chi connectivity index (χ1n) is 7.96. The van der Waals surface area contributed by atoms with E-state index >= 15 is 0 Å². The van der Waals surface area contributed by atoms with Gasteiger partial charge in [0, 0.05) is 10.6 Å². The van der Waals surface area contributed by atoms with Gasteiger partial charge in [-0.25, -0.2) is 0 Å². The molecule has 0 radical (unpaired) electrons. The van der Waals surface area contributed by atoms with Gasteiger partial charge in [0.05, 0.1) is 6.42 Å². The van der Waals surface area contributed by atoms with E-state index in [-0.39, 0.29) is 18.1 Å². The number of ether oxygens (including phenoxy) is 1. The summed E-state index contributed by atoms with van der Waals surface area (Å²) in [5.41, 5.74) is 5.91.